The monoisotopic (exact) mass is 1490 g/mol. The van der Waals surface area contributed by atoms with Gasteiger partial charge in [-0.25, -0.2) is 0 Å². The van der Waals surface area contributed by atoms with E-state index in [1.165, 1.54) is 45.1 Å². The highest BCUT2D eigenvalue weighted by Crippen LogP contribution is 2.66. The molecule has 0 amide bonds. The summed E-state index contributed by atoms with van der Waals surface area (Å²) in [6, 6.07) is 100. The van der Waals surface area contributed by atoms with Gasteiger partial charge in [-0.15, -0.1) is 0 Å². The average Bonchev–Trinajstić information content (AvgIpc) is 1.62. The van der Waals surface area contributed by atoms with E-state index in [0.29, 0.717) is 22.0 Å². The van der Waals surface area contributed by atoms with Crippen LogP contribution in [0, 0.1) is 0 Å². The normalized spacial score (nSPS) is 15.9. The summed E-state index contributed by atoms with van der Waals surface area (Å²) in [4.78, 5) is 3.93. The van der Waals surface area contributed by atoms with E-state index in [2.05, 4.69) is 254 Å². The zero-order valence-electron chi connectivity index (χ0n) is 77.2. The molecule has 2 spiro atoms. The molecule has 2 aliphatic heterocycles. The second-order valence-electron chi connectivity index (χ2n) is 30.8. The third-order valence-electron chi connectivity index (χ3n) is 25.5. The van der Waals surface area contributed by atoms with Crippen LogP contribution in [-0.4, -0.2) is 15.8 Å². The molecule has 2 aromatic heterocycles. The van der Waals surface area contributed by atoms with E-state index in [-0.39, 0.29) is 43.6 Å². The fraction of sp³-hybridized carbons (Fsp3) is 0.0182. The van der Waals surface area contributed by atoms with Gasteiger partial charge in [0.25, 0.3) is 0 Å². The molecule has 6 aliphatic rings. The Morgan fingerprint density at radius 2 is 0.626 bits per heavy atom. The number of rotatable bonds is 7. The van der Waals surface area contributed by atoms with Gasteiger partial charge < -0.3 is 14.0 Å². The molecule has 0 saturated carbocycles. The van der Waals surface area contributed by atoms with E-state index in [9.17, 15) is 16.4 Å². The molecule has 0 atom stereocenters. The molecule has 0 unspecified atom stereocenters. The summed E-state index contributed by atoms with van der Waals surface area (Å²) in [5.41, 5.74) is 28.9. The topological polar surface area (TPSA) is 13.1 Å². The van der Waals surface area contributed by atoms with Crippen LogP contribution in [0.25, 0.3) is 144 Å². The first-order valence-electron chi connectivity index (χ1n) is 46.8. The van der Waals surface area contributed by atoms with Gasteiger partial charge in [-0.05, 0) is 212 Å². The van der Waals surface area contributed by atoms with Crippen LogP contribution in [0.5, 0.6) is 0 Å². The molecule has 5 heteroatoms. The van der Waals surface area contributed by atoms with Gasteiger partial charge in [-0.2, -0.15) is 0 Å². The molecule has 0 saturated heterocycles. The molecule has 18 aromatic carbocycles. The SMILES string of the molecule is [2H]c1c([2H])c([2H])c2c(c1[2H])c1c([2H])c([2H])c([2H])c([2H])c1n2-c1ccc2c(c1)Sc1cc(-c3cccc(-c4ccccc4)c3)cc3c1B2c1ccc(-n2c4c([2H])c([2H])c([2H])c([2H])c4c4c([2H])c([2H])c([2H])c([2H])c42)cc1N3c1c(-c2ccc3c(c2)C2(c4ccccc4-c4ccccc42)c2ccccc2-3)cccc1-c1ccc2c(c1)C1(c3ccccc3-c3ccccc31)c1ccccc1-2. The van der Waals surface area contributed by atoms with Gasteiger partial charge in [0.15, 0.2) is 0 Å². The lowest BCUT2D eigenvalue weighted by Gasteiger charge is -2.42. The number of benzene rings is 18. The van der Waals surface area contributed by atoms with Crippen molar-refractivity contribution >= 4 is 95.5 Å². The highest BCUT2D eigenvalue weighted by molar-refractivity contribution is 8.00. The van der Waals surface area contributed by atoms with Gasteiger partial charge in [0.1, 0.15) is 0 Å². The summed E-state index contributed by atoms with van der Waals surface area (Å²) < 4.78 is 155. The number of hydrogen-bond acceptors (Lipinski definition) is 2. The van der Waals surface area contributed by atoms with Crippen LogP contribution in [0.4, 0.5) is 17.1 Å². The Hall–Kier alpha value is -14.2. The minimum absolute atomic E-state index is 0.0237. The standard InChI is InChI=1S/C110H66BN3S/c1-2-26-67(27-3-1)68-28-24-29-69(60-68)72-63-104-107-106(64-72)115-105-66-74(113-101-50-22-12-38-87(101)88-39-13-23-51-102(88)113)55-59-98(105)111(107)97-58-54-73(112-99-48-20-10-36-85(99)86-37-11-21-49-100(86)112)65-103(97)114(104)108-75(70-52-56-83-81-34-8-18-46-93(81)109(95(83)61-70)89-42-14-4-30-77(89)78-31-5-15-43-90(78)109)40-25-41-76(108)71-53-57-84-82-35-9-19-47-94(82)110(96(84)62-71)91-44-16-6-32-79(91)80-33-7-17-45-92(80)110/h1-66H/i10D,11D,12D,13D,20D,21D,22D,23D,36D,37D,38D,39D,48D,49D,50D,51D. The van der Waals surface area contributed by atoms with Crippen molar-refractivity contribution in [2.45, 2.75) is 20.6 Å². The molecule has 4 heterocycles. The minimum Gasteiger partial charge on any atom is -0.310 e. The van der Waals surface area contributed by atoms with Crippen LogP contribution in [0.15, 0.2) is 410 Å². The first kappa shape index (κ1) is 49.9. The zero-order chi connectivity index (χ0) is 88.9. The van der Waals surface area contributed by atoms with E-state index in [0.717, 1.165) is 133 Å². The molecule has 0 radical (unpaired) electrons. The number of hydrogen-bond donors (Lipinski definition) is 0. The van der Waals surface area contributed by atoms with Crippen LogP contribution < -0.4 is 21.3 Å². The first-order valence-corrected chi connectivity index (χ1v) is 39.7. The Kier molecular flexibility index (Phi) is 10.3. The quantitative estimate of drug-likeness (QED) is 0.148. The number of aromatic nitrogens is 2. The second-order valence-corrected chi connectivity index (χ2v) is 31.8. The van der Waals surface area contributed by atoms with Crippen molar-refractivity contribution in [3.63, 3.8) is 0 Å². The summed E-state index contributed by atoms with van der Waals surface area (Å²) in [6.45, 7) is -0.701. The first-order chi connectivity index (χ1) is 63.7. The summed E-state index contributed by atoms with van der Waals surface area (Å²) in [6.07, 6.45) is 0. The molecule has 26 rings (SSSR count). The number of fused-ring (bicyclic) bond motifs is 30. The maximum atomic E-state index is 10.0. The predicted molar refractivity (Wildman–Crippen MR) is 479 cm³/mol. The molecule has 530 valence electrons. The summed E-state index contributed by atoms with van der Waals surface area (Å²) >= 11 is 1.52. The second kappa shape index (κ2) is 23.7. The molecule has 20 aromatic rings. The molecule has 0 bridgehead atoms. The van der Waals surface area contributed by atoms with Gasteiger partial charge in [-0.1, -0.05) is 338 Å². The van der Waals surface area contributed by atoms with E-state index < -0.39 is 114 Å². The molecule has 4 aliphatic carbocycles. The predicted octanol–water partition coefficient (Wildman–Crippen LogP) is 26.0. The van der Waals surface area contributed by atoms with Crippen LogP contribution in [0.3, 0.4) is 0 Å². The Bertz CT molecular complexity index is 8220. The average molecular weight is 1490 g/mol. The van der Waals surface area contributed by atoms with Crippen molar-refractivity contribution < 1.29 is 21.9 Å². The molecule has 0 fully saturated rings. The fourth-order valence-electron chi connectivity index (χ4n) is 21.0. The maximum Gasteiger partial charge on any atom is 0.249 e. The third-order valence-corrected chi connectivity index (χ3v) is 26.6. The molecule has 3 nitrogen and oxygen atoms in total. The van der Waals surface area contributed by atoms with E-state index in [1.807, 2.05) is 54.6 Å². The van der Waals surface area contributed by atoms with Crippen molar-refractivity contribution in [1.29, 1.82) is 0 Å². The van der Waals surface area contributed by atoms with Crippen LogP contribution >= 0.6 is 11.8 Å². The van der Waals surface area contributed by atoms with E-state index in [1.54, 1.807) is 9.13 Å². The highest BCUT2D eigenvalue weighted by Gasteiger charge is 2.54. The van der Waals surface area contributed by atoms with E-state index in [4.69, 9.17) is 5.48 Å². The van der Waals surface area contributed by atoms with Gasteiger partial charge in [0, 0.05) is 65.2 Å². The largest absolute Gasteiger partial charge is 0.310 e. The lowest BCUT2D eigenvalue weighted by Crippen LogP contribution is -2.60. The zero-order valence-corrected chi connectivity index (χ0v) is 62.0. The van der Waals surface area contributed by atoms with Crippen LogP contribution in [0.2, 0.25) is 0 Å². The Labute approximate surface area is 693 Å². The van der Waals surface area contributed by atoms with Crippen molar-refractivity contribution in [3.8, 4) is 100 Å². The Morgan fingerprint density at radius 3 is 1.09 bits per heavy atom. The van der Waals surface area contributed by atoms with Gasteiger partial charge in [-0.3, -0.25) is 0 Å². The minimum atomic E-state index is -0.779. The van der Waals surface area contributed by atoms with Crippen molar-refractivity contribution in [1.82, 2.24) is 9.13 Å². The van der Waals surface area contributed by atoms with Crippen LogP contribution in [-0.2, 0) is 10.8 Å². The molecular formula is C110H66BN3S. The fourth-order valence-corrected chi connectivity index (χ4v) is 22.3. The molecular weight excluding hydrogens is 1410 g/mol. The number of nitrogens with zero attached hydrogens (tertiary/aromatic N) is 3. The summed E-state index contributed by atoms with van der Waals surface area (Å²) in [7, 11) is 0. The highest BCUT2D eigenvalue weighted by atomic mass is 32.2. The van der Waals surface area contributed by atoms with Crippen molar-refractivity contribution in [2.24, 2.45) is 0 Å². The Morgan fingerprint density at radius 1 is 0.252 bits per heavy atom. The lowest BCUT2D eigenvalue weighted by molar-refractivity contribution is 0.794. The number of para-hydroxylation sites is 5. The van der Waals surface area contributed by atoms with Crippen molar-refractivity contribution in [2.75, 3.05) is 4.90 Å². The Balaban J connectivity index is 0.814. The summed E-state index contributed by atoms with van der Waals surface area (Å²) in [5, 5.41) is -0.253. The van der Waals surface area contributed by atoms with Crippen LogP contribution in [0.1, 0.15) is 66.4 Å². The van der Waals surface area contributed by atoms with Gasteiger partial charge >= 0.3 is 0 Å². The molecule has 115 heavy (non-hydrogen) atoms. The maximum absolute atomic E-state index is 10.0. The molecule has 0 N–H and O–H groups in total. The number of anilines is 3. The van der Waals surface area contributed by atoms with E-state index >= 15 is 0 Å². The smallest absolute Gasteiger partial charge is 0.249 e. The van der Waals surface area contributed by atoms with Gasteiger partial charge in [0.05, 0.1) is 60.5 Å². The third kappa shape index (κ3) is 8.46. The lowest BCUT2D eigenvalue weighted by atomic mass is 9.34. The van der Waals surface area contributed by atoms with Gasteiger partial charge in [0.2, 0.25) is 6.71 Å². The summed E-state index contributed by atoms with van der Waals surface area (Å²) in [5.74, 6) is 0. The van der Waals surface area contributed by atoms with Crippen molar-refractivity contribution in [3.05, 3.63) is 445 Å².